The summed E-state index contributed by atoms with van der Waals surface area (Å²) in [5, 5.41) is 0. The Hall–Kier alpha value is -0.760. The van der Waals surface area contributed by atoms with Crippen LogP contribution < -0.4 is 4.90 Å². The van der Waals surface area contributed by atoms with E-state index in [2.05, 4.69) is 52.5 Å². The molecule has 0 unspecified atom stereocenters. The Morgan fingerprint density at radius 3 is 3.00 bits per heavy atom. The maximum Gasteiger partial charge on any atom is 0.0441 e. The summed E-state index contributed by atoms with van der Waals surface area (Å²) in [6, 6.07) is 6.48. The largest absolute Gasteiger partial charge is 0.346 e. The molecule has 0 saturated heterocycles. The zero-order chi connectivity index (χ0) is 10.1. The second-order valence-electron chi connectivity index (χ2n) is 3.76. The summed E-state index contributed by atoms with van der Waals surface area (Å²) >= 11 is 3.51. The third kappa shape index (κ3) is 1.71. The molecular formula is C12H14BrN. The topological polar surface area (TPSA) is 3.24 Å². The van der Waals surface area contributed by atoms with E-state index < -0.39 is 0 Å². The average molecular weight is 252 g/mol. The van der Waals surface area contributed by atoms with E-state index in [1.165, 1.54) is 28.6 Å². The van der Waals surface area contributed by atoms with Gasteiger partial charge in [-0.25, -0.2) is 0 Å². The Morgan fingerprint density at radius 2 is 2.29 bits per heavy atom. The van der Waals surface area contributed by atoms with Crippen LogP contribution in [0, 0.1) is 0 Å². The van der Waals surface area contributed by atoms with Crippen LogP contribution in [0.15, 0.2) is 34.9 Å². The Kier molecular flexibility index (Phi) is 2.64. The Balaban J connectivity index is 2.44. The van der Waals surface area contributed by atoms with Crippen molar-refractivity contribution in [1.82, 2.24) is 0 Å². The van der Waals surface area contributed by atoms with Crippen molar-refractivity contribution in [2.45, 2.75) is 19.8 Å². The highest BCUT2D eigenvalue weighted by Crippen LogP contribution is 2.31. The number of aryl methyl sites for hydroxylation is 1. The zero-order valence-electron chi connectivity index (χ0n) is 8.39. The number of anilines is 1. The van der Waals surface area contributed by atoms with Crippen molar-refractivity contribution in [3.63, 3.8) is 0 Å². The number of hydrogen-bond acceptors (Lipinski definition) is 1. The molecule has 0 fully saturated rings. The van der Waals surface area contributed by atoms with Crippen molar-refractivity contribution in [2.75, 3.05) is 11.4 Å². The molecule has 0 spiro atoms. The molecule has 74 valence electrons. The minimum atomic E-state index is 1.10. The van der Waals surface area contributed by atoms with Crippen LogP contribution in [0.25, 0.3) is 0 Å². The fourth-order valence-corrected chi connectivity index (χ4v) is 2.37. The second-order valence-corrected chi connectivity index (χ2v) is 4.68. The van der Waals surface area contributed by atoms with Crippen molar-refractivity contribution < 1.29 is 0 Å². The third-order valence-corrected chi connectivity index (χ3v) is 3.11. The van der Waals surface area contributed by atoms with Crippen LogP contribution in [0.2, 0.25) is 0 Å². The second kappa shape index (κ2) is 3.77. The van der Waals surface area contributed by atoms with E-state index in [1.807, 2.05) is 0 Å². The molecule has 0 amide bonds. The average Bonchev–Trinajstić information content (AvgIpc) is 2.16. The number of rotatable bonds is 1. The van der Waals surface area contributed by atoms with Gasteiger partial charge in [0.1, 0.15) is 0 Å². The van der Waals surface area contributed by atoms with Crippen molar-refractivity contribution >= 4 is 21.6 Å². The van der Waals surface area contributed by atoms with Crippen LogP contribution in [-0.4, -0.2) is 6.54 Å². The summed E-state index contributed by atoms with van der Waals surface area (Å²) in [7, 11) is 0. The van der Waals surface area contributed by atoms with E-state index in [-0.39, 0.29) is 0 Å². The Morgan fingerprint density at radius 1 is 1.50 bits per heavy atom. The van der Waals surface area contributed by atoms with E-state index in [9.17, 15) is 0 Å². The molecule has 0 aromatic heterocycles. The molecule has 1 aromatic rings. The highest BCUT2D eigenvalue weighted by atomic mass is 79.9. The lowest BCUT2D eigenvalue weighted by Gasteiger charge is -2.31. The van der Waals surface area contributed by atoms with Crippen molar-refractivity contribution in [2.24, 2.45) is 0 Å². The standard InChI is InChI=1S/C12H14BrN/c1-9(2)14-7-3-4-10-8-11(13)5-6-12(10)14/h5-6,8H,1,3-4,7H2,2H3. The van der Waals surface area contributed by atoms with Crippen LogP contribution in [0.5, 0.6) is 0 Å². The molecule has 2 heteroatoms. The molecule has 1 aliphatic heterocycles. The molecule has 14 heavy (non-hydrogen) atoms. The van der Waals surface area contributed by atoms with E-state index in [0.29, 0.717) is 0 Å². The number of hydrogen-bond donors (Lipinski definition) is 0. The molecular weight excluding hydrogens is 238 g/mol. The predicted octanol–water partition coefficient (Wildman–Crippen LogP) is 3.74. The molecule has 0 saturated carbocycles. The van der Waals surface area contributed by atoms with Crippen LogP contribution in [-0.2, 0) is 6.42 Å². The maximum absolute atomic E-state index is 4.01. The highest BCUT2D eigenvalue weighted by Gasteiger charge is 2.16. The van der Waals surface area contributed by atoms with Crippen molar-refractivity contribution in [3.05, 3.63) is 40.5 Å². The quantitative estimate of drug-likeness (QED) is 0.736. The van der Waals surface area contributed by atoms with E-state index >= 15 is 0 Å². The van der Waals surface area contributed by atoms with Gasteiger partial charge in [0.15, 0.2) is 0 Å². The highest BCUT2D eigenvalue weighted by molar-refractivity contribution is 9.10. The van der Waals surface area contributed by atoms with Gasteiger partial charge >= 0.3 is 0 Å². The van der Waals surface area contributed by atoms with E-state index in [4.69, 9.17) is 0 Å². The van der Waals surface area contributed by atoms with Gasteiger partial charge in [-0.1, -0.05) is 22.5 Å². The van der Waals surface area contributed by atoms with Crippen molar-refractivity contribution in [1.29, 1.82) is 0 Å². The van der Waals surface area contributed by atoms with Crippen LogP contribution >= 0.6 is 15.9 Å². The minimum absolute atomic E-state index is 1.10. The fourth-order valence-electron chi connectivity index (χ4n) is 1.96. The lowest BCUT2D eigenvalue weighted by atomic mass is 10.0. The molecule has 0 atom stereocenters. The smallest absolute Gasteiger partial charge is 0.0441 e. The summed E-state index contributed by atoms with van der Waals surface area (Å²) < 4.78 is 1.17. The summed E-state index contributed by atoms with van der Waals surface area (Å²) in [5.41, 5.74) is 3.88. The van der Waals surface area contributed by atoms with E-state index in [1.54, 1.807) is 0 Å². The number of fused-ring (bicyclic) bond motifs is 1. The van der Waals surface area contributed by atoms with Crippen LogP contribution in [0.4, 0.5) is 5.69 Å². The first kappa shape index (κ1) is 9.78. The first-order chi connectivity index (χ1) is 6.68. The van der Waals surface area contributed by atoms with Gasteiger partial charge in [0.2, 0.25) is 0 Å². The molecule has 2 rings (SSSR count). The zero-order valence-corrected chi connectivity index (χ0v) is 9.97. The van der Waals surface area contributed by atoms with Gasteiger partial charge in [-0.05, 0) is 43.5 Å². The summed E-state index contributed by atoms with van der Waals surface area (Å²) in [6.45, 7) is 7.18. The maximum atomic E-state index is 4.01. The first-order valence-corrected chi connectivity index (χ1v) is 5.69. The molecule has 1 nitrogen and oxygen atoms in total. The van der Waals surface area contributed by atoms with Gasteiger partial charge in [-0.15, -0.1) is 0 Å². The minimum Gasteiger partial charge on any atom is -0.346 e. The monoisotopic (exact) mass is 251 g/mol. The van der Waals surface area contributed by atoms with Gasteiger partial charge in [-0.3, -0.25) is 0 Å². The molecule has 0 N–H and O–H groups in total. The van der Waals surface area contributed by atoms with Crippen LogP contribution in [0.1, 0.15) is 18.9 Å². The summed E-state index contributed by atoms with van der Waals surface area (Å²) in [5.74, 6) is 0. The number of nitrogens with zero attached hydrogens (tertiary/aromatic N) is 1. The molecule has 0 aliphatic carbocycles. The van der Waals surface area contributed by atoms with Gasteiger partial charge < -0.3 is 4.90 Å². The number of benzene rings is 1. The predicted molar refractivity (Wildman–Crippen MR) is 64.6 cm³/mol. The molecule has 0 bridgehead atoms. The first-order valence-electron chi connectivity index (χ1n) is 4.90. The van der Waals surface area contributed by atoms with Gasteiger partial charge in [0.05, 0.1) is 0 Å². The number of allylic oxidation sites excluding steroid dienone is 1. The lowest BCUT2D eigenvalue weighted by molar-refractivity contribution is 0.744. The Bertz CT molecular complexity index is 371. The molecule has 0 radical (unpaired) electrons. The fraction of sp³-hybridized carbons (Fsp3) is 0.333. The van der Waals surface area contributed by atoms with Gasteiger partial charge in [-0.2, -0.15) is 0 Å². The SMILES string of the molecule is C=C(C)N1CCCc2cc(Br)ccc21. The normalized spacial score (nSPS) is 15.1. The molecule has 1 aliphatic rings. The Labute approximate surface area is 93.6 Å². The third-order valence-electron chi connectivity index (χ3n) is 2.62. The molecule has 1 aromatic carbocycles. The molecule has 1 heterocycles. The number of halogens is 1. The van der Waals surface area contributed by atoms with Crippen molar-refractivity contribution in [3.8, 4) is 0 Å². The van der Waals surface area contributed by atoms with Crippen LogP contribution in [0.3, 0.4) is 0 Å². The van der Waals surface area contributed by atoms with E-state index in [0.717, 1.165) is 12.2 Å². The summed E-state index contributed by atoms with van der Waals surface area (Å²) in [6.07, 6.45) is 2.40. The lowest BCUT2D eigenvalue weighted by Crippen LogP contribution is -2.26. The van der Waals surface area contributed by atoms with Gasteiger partial charge in [0, 0.05) is 22.4 Å². The van der Waals surface area contributed by atoms with Gasteiger partial charge in [0.25, 0.3) is 0 Å². The summed E-state index contributed by atoms with van der Waals surface area (Å²) in [4.78, 5) is 2.30.